The highest BCUT2D eigenvalue weighted by atomic mass is 35.5. The number of hydrogen-bond donors (Lipinski definition) is 1. The van der Waals surface area contributed by atoms with E-state index < -0.39 is 0 Å². The minimum Gasteiger partial charge on any atom is -0.378 e. The molecule has 2 rings (SSSR count). The predicted molar refractivity (Wildman–Crippen MR) is 64.5 cm³/mol. The molecule has 0 bridgehead atoms. The second-order valence-corrected chi connectivity index (χ2v) is 5.85. The van der Waals surface area contributed by atoms with E-state index in [4.69, 9.17) is 22.1 Å². The molecule has 2 nitrogen and oxygen atoms in total. The Hall–Kier alpha value is -0.0900. The van der Waals surface area contributed by atoms with Crippen LogP contribution < -0.4 is 5.73 Å². The van der Waals surface area contributed by atoms with Crippen molar-refractivity contribution in [1.29, 1.82) is 0 Å². The smallest absolute Gasteiger partial charge is 0.0960 e. The summed E-state index contributed by atoms with van der Waals surface area (Å²) in [4.78, 5) is 1.18. The average Bonchev–Trinajstić information content (AvgIpc) is 2.74. The Bertz CT molecular complexity index is 333. The Kier molecular flexibility index (Phi) is 3.36. The van der Waals surface area contributed by atoms with Crippen LogP contribution in [0, 0.1) is 12.8 Å². The fraction of sp³-hybridized carbons (Fsp3) is 0.636. The fourth-order valence-electron chi connectivity index (χ4n) is 2.08. The minimum absolute atomic E-state index is 0.0682. The summed E-state index contributed by atoms with van der Waals surface area (Å²) in [6.45, 7) is 4.95. The zero-order valence-electron chi connectivity index (χ0n) is 9.00. The third kappa shape index (κ3) is 2.21. The van der Waals surface area contributed by atoms with Crippen molar-refractivity contribution >= 4 is 22.9 Å². The maximum absolute atomic E-state index is 6.24. The van der Waals surface area contributed by atoms with Gasteiger partial charge in [0.1, 0.15) is 0 Å². The molecule has 1 aliphatic heterocycles. The third-order valence-electron chi connectivity index (χ3n) is 3.10. The number of nitrogens with two attached hydrogens (primary N) is 1. The summed E-state index contributed by atoms with van der Waals surface area (Å²) in [5, 5.41) is 0. The van der Waals surface area contributed by atoms with Crippen molar-refractivity contribution in [2.75, 3.05) is 6.61 Å². The van der Waals surface area contributed by atoms with Crippen molar-refractivity contribution in [3.63, 3.8) is 0 Å². The van der Waals surface area contributed by atoms with E-state index in [9.17, 15) is 0 Å². The first kappa shape index (κ1) is 11.4. The lowest BCUT2D eigenvalue weighted by Gasteiger charge is -2.20. The zero-order valence-corrected chi connectivity index (χ0v) is 10.6. The molecule has 1 fully saturated rings. The Morgan fingerprint density at radius 3 is 2.87 bits per heavy atom. The van der Waals surface area contributed by atoms with Gasteiger partial charge >= 0.3 is 0 Å². The van der Waals surface area contributed by atoms with E-state index in [1.54, 1.807) is 11.3 Å². The van der Waals surface area contributed by atoms with Gasteiger partial charge in [0.15, 0.2) is 0 Å². The van der Waals surface area contributed by atoms with Crippen LogP contribution in [0.4, 0.5) is 0 Å². The highest BCUT2D eigenvalue weighted by molar-refractivity contribution is 7.16. The monoisotopic (exact) mass is 245 g/mol. The van der Waals surface area contributed by atoms with Crippen LogP contribution in [-0.4, -0.2) is 12.7 Å². The van der Waals surface area contributed by atoms with Crippen LogP contribution in [0.5, 0.6) is 0 Å². The second-order valence-electron chi connectivity index (χ2n) is 4.16. The van der Waals surface area contributed by atoms with E-state index in [-0.39, 0.29) is 12.1 Å². The molecular formula is C11H16ClNOS. The molecule has 2 N–H and O–H groups in total. The summed E-state index contributed by atoms with van der Waals surface area (Å²) in [6, 6.07) is 2.17. The molecule has 3 atom stereocenters. The first-order valence-electron chi connectivity index (χ1n) is 5.22. The van der Waals surface area contributed by atoms with Crippen LogP contribution in [0.3, 0.4) is 0 Å². The highest BCUT2D eigenvalue weighted by Crippen LogP contribution is 2.37. The molecule has 0 aliphatic carbocycles. The molecule has 1 aromatic heterocycles. The van der Waals surface area contributed by atoms with Crippen LogP contribution in [0.1, 0.15) is 29.8 Å². The van der Waals surface area contributed by atoms with Gasteiger partial charge in [-0.05, 0) is 31.9 Å². The van der Waals surface area contributed by atoms with Crippen LogP contribution in [-0.2, 0) is 4.74 Å². The first-order valence-corrected chi connectivity index (χ1v) is 6.42. The van der Waals surface area contributed by atoms with Gasteiger partial charge in [-0.2, -0.15) is 0 Å². The van der Waals surface area contributed by atoms with Gasteiger partial charge in [0.05, 0.1) is 10.4 Å². The van der Waals surface area contributed by atoms with Gasteiger partial charge in [-0.15, -0.1) is 11.3 Å². The molecule has 2 heterocycles. The van der Waals surface area contributed by atoms with E-state index >= 15 is 0 Å². The van der Waals surface area contributed by atoms with Crippen LogP contribution >= 0.6 is 22.9 Å². The average molecular weight is 246 g/mol. The van der Waals surface area contributed by atoms with Crippen molar-refractivity contribution in [3.05, 3.63) is 20.8 Å². The van der Waals surface area contributed by atoms with E-state index in [1.807, 2.05) is 6.92 Å². The standard InChI is InChI=1S/C11H16ClNOS/c1-6-5-9(15-11(6)12)10(13)8-3-4-14-7(8)2/h5,7-8,10H,3-4,13H2,1-2H3. The van der Waals surface area contributed by atoms with Crippen molar-refractivity contribution in [2.45, 2.75) is 32.4 Å². The molecule has 1 saturated heterocycles. The van der Waals surface area contributed by atoms with Crippen molar-refractivity contribution in [2.24, 2.45) is 11.7 Å². The Morgan fingerprint density at radius 1 is 1.67 bits per heavy atom. The molecule has 0 saturated carbocycles. The quantitative estimate of drug-likeness (QED) is 0.869. The van der Waals surface area contributed by atoms with Crippen LogP contribution in [0.25, 0.3) is 0 Å². The fourth-order valence-corrected chi connectivity index (χ4v) is 3.37. The van der Waals surface area contributed by atoms with E-state index in [0.717, 1.165) is 22.9 Å². The molecule has 4 heteroatoms. The van der Waals surface area contributed by atoms with Gasteiger partial charge in [0.2, 0.25) is 0 Å². The first-order chi connectivity index (χ1) is 7.09. The Labute approximate surface area is 99.4 Å². The van der Waals surface area contributed by atoms with Crippen LogP contribution in [0.2, 0.25) is 4.34 Å². The maximum Gasteiger partial charge on any atom is 0.0960 e. The molecule has 0 aromatic carbocycles. The number of rotatable bonds is 2. The van der Waals surface area contributed by atoms with Gasteiger partial charge < -0.3 is 10.5 Å². The molecule has 1 aromatic rings. The largest absolute Gasteiger partial charge is 0.378 e. The molecule has 15 heavy (non-hydrogen) atoms. The maximum atomic E-state index is 6.24. The summed E-state index contributed by atoms with van der Waals surface area (Å²) in [5.41, 5.74) is 7.37. The van der Waals surface area contributed by atoms with E-state index in [2.05, 4.69) is 13.0 Å². The molecule has 0 amide bonds. The highest BCUT2D eigenvalue weighted by Gasteiger charge is 2.31. The molecule has 1 aliphatic rings. The Morgan fingerprint density at radius 2 is 2.40 bits per heavy atom. The summed E-state index contributed by atoms with van der Waals surface area (Å²) in [7, 11) is 0. The molecule has 0 spiro atoms. The summed E-state index contributed by atoms with van der Waals surface area (Å²) in [5.74, 6) is 0.430. The van der Waals surface area contributed by atoms with Crippen molar-refractivity contribution in [3.8, 4) is 0 Å². The SMILES string of the molecule is Cc1cc(C(N)C2CCOC2C)sc1Cl. The number of hydrogen-bond acceptors (Lipinski definition) is 3. The third-order valence-corrected chi connectivity index (χ3v) is 4.76. The summed E-state index contributed by atoms with van der Waals surface area (Å²) < 4.78 is 6.39. The number of aryl methyl sites for hydroxylation is 1. The topological polar surface area (TPSA) is 35.2 Å². The zero-order chi connectivity index (χ0) is 11.0. The predicted octanol–water partition coefficient (Wildman–Crippen LogP) is 3.13. The number of thiophene rings is 1. The van der Waals surface area contributed by atoms with Crippen molar-refractivity contribution in [1.82, 2.24) is 0 Å². The second kappa shape index (κ2) is 4.42. The van der Waals surface area contributed by atoms with Gasteiger partial charge in [-0.1, -0.05) is 11.6 Å². The Balaban J connectivity index is 2.16. The van der Waals surface area contributed by atoms with Gasteiger partial charge in [0.25, 0.3) is 0 Å². The van der Waals surface area contributed by atoms with Crippen LogP contribution in [0.15, 0.2) is 6.07 Å². The minimum atomic E-state index is 0.0682. The van der Waals surface area contributed by atoms with Gasteiger partial charge in [0, 0.05) is 23.4 Å². The summed E-state index contributed by atoms with van der Waals surface area (Å²) >= 11 is 7.64. The lowest BCUT2D eigenvalue weighted by Crippen LogP contribution is -2.25. The van der Waals surface area contributed by atoms with Gasteiger partial charge in [-0.25, -0.2) is 0 Å². The lowest BCUT2D eigenvalue weighted by molar-refractivity contribution is 0.0998. The molecule has 84 valence electrons. The summed E-state index contributed by atoms with van der Waals surface area (Å²) in [6.07, 6.45) is 1.32. The van der Waals surface area contributed by atoms with Crippen molar-refractivity contribution < 1.29 is 4.74 Å². The van der Waals surface area contributed by atoms with E-state index in [0.29, 0.717) is 5.92 Å². The molecule has 3 unspecified atom stereocenters. The molecule has 0 radical (unpaired) electrons. The number of ether oxygens (including phenoxy) is 1. The normalized spacial score (nSPS) is 28.3. The lowest BCUT2D eigenvalue weighted by atomic mass is 9.93. The molecular weight excluding hydrogens is 230 g/mol. The van der Waals surface area contributed by atoms with Gasteiger partial charge in [-0.3, -0.25) is 0 Å². The van der Waals surface area contributed by atoms with E-state index in [1.165, 1.54) is 4.88 Å². The number of halogens is 1.